The van der Waals surface area contributed by atoms with Crippen LogP contribution < -0.4 is 0 Å². The van der Waals surface area contributed by atoms with Crippen molar-refractivity contribution >= 4 is 5.97 Å². The van der Waals surface area contributed by atoms with E-state index in [-0.39, 0.29) is 18.0 Å². The van der Waals surface area contributed by atoms with Crippen molar-refractivity contribution in [2.45, 2.75) is 78.4 Å². The molecule has 0 aliphatic heterocycles. The highest BCUT2D eigenvalue weighted by Gasteiger charge is 2.45. The molecule has 0 unspecified atom stereocenters. The van der Waals surface area contributed by atoms with E-state index in [2.05, 4.69) is 0 Å². The normalized spacial score (nSPS) is 24.6. The number of hydrogen-bond donors (Lipinski definition) is 1. The third-order valence-electron chi connectivity index (χ3n) is 4.79. The van der Waals surface area contributed by atoms with Gasteiger partial charge in [0, 0.05) is 0 Å². The standard InChI is InChI=1S/C15H28O3/c1-6-14(4,5)13(16)18-12-9-11(10-12)15(17,7-2)8-3/h11-12,17H,6-10H2,1-5H3. The summed E-state index contributed by atoms with van der Waals surface area (Å²) in [5.74, 6) is 0.181. The van der Waals surface area contributed by atoms with Gasteiger partial charge in [-0.2, -0.15) is 0 Å². The van der Waals surface area contributed by atoms with Crippen molar-refractivity contribution < 1.29 is 14.6 Å². The van der Waals surface area contributed by atoms with Gasteiger partial charge in [0.15, 0.2) is 0 Å². The Balaban J connectivity index is 2.42. The van der Waals surface area contributed by atoms with Crippen molar-refractivity contribution in [2.24, 2.45) is 11.3 Å². The fourth-order valence-electron chi connectivity index (χ4n) is 2.38. The van der Waals surface area contributed by atoms with Gasteiger partial charge in [-0.25, -0.2) is 0 Å². The van der Waals surface area contributed by atoms with Gasteiger partial charge in [-0.05, 0) is 51.9 Å². The van der Waals surface area contributed by atoms with E-state index in [0.29, 0.717) is 0 Å². The van der Waals surface area contributed by atoms with Crippen LogP contribution in [0.25, 0.3) is 0 Å². The Kier molecular flexibility index (Phi) is 4.82. The fraction of sp³-hybridized carbons (Fsp3) is 0.933. The Hall–Kier alpha value is -0.570. The molecule has 3 heteroatoms. The van der Waals surface area contributed by atoms with E-state index >= 15 is 0 Å². The van der Waals surface area contributed by atoms with Crippen LogP contribution in [0.5, 0.6) is 0 Å². The summed E-state index contributed by atoms with van der Waals surface area (Å²) in [7, 11) is 0. The van der Waals surface area contributed by atoms with Crippen LogP contribution in [0.2, 0.25) is 0 Å². The Bertz CT molecular complexity index is 286. The quantitative estimate of drug-likeness (QED) is 0.742. The average molecular weight is 256 g/mol. The van der Waals surface area contributed by atoms with Gasteiger partial charge in [0.25, 0.3) is 0 Å². The van der Waals surface area contributed by atoms with E-state index < -0.39 is 11.0 Å². The third kappa shape index (κ3) is 3.05. The van der Waals surface area contributed by atoms with E-state index in [9.17, 15) is 9.90 Å². The summed E-state index contributed by atoms with van der Waals surface area (Å²) in [6.45, 7) is 9.86. The van der Waals surface area contributed by atoms with E-state index in [1.54, 1.807) is 0 Å². The lowest BCUT2D eigenvalue weighted by molar-refractivity contribution is -0.175. The second kappa shape index (κ2) is 5.60. The minimum atomic E-state index is -0.566. The predicted octanol–water partition coefficient (Wildman–Crippen LogP) is 3.30. The minimum absolute atomic E-state index is 0.0120. The molecule has 1 saturated carbocycles. The van der Waals surface area contributed by atoms with Gasteiger partial charge in [0.1, 0.15) is 6.10 Å². The zero-order valence-electron chi connectivity index (χ0n) is 12.5. The maximum atomic E-state index is 11.9. The van der Waals surface area contributed by atoms with E-state index in [1.807, 2.05) is 34.6 Å². The number of carbonyl (C=O) groups is 1. The van der Waals surface area contributed by atoms with Gasteiger partial charge in [-0.15, -0.1) is 0 Å². The van der Waals surface area contributed by atoms with Crippen molar-refractivity contribution in [3.05, 3.63) is 0 Å². The van der Waals surface area contributed by atoms with Crippen LogP contribution in [0.3, 0.4) is 0 Å². The lowest BCUT2D eigenvalue weighted by Gasteiger charge is -2.45. The fourth-order valence-corrected chi connectivity index (χ4v) is 2.38. The molecule has 1 N–H and O–H groups in total. The first-order chi connectivity index (χ1) is 8.29. The summed E-state index contributed by atoms with van der Waals surface area (Å²) < 4.78 is 5.51. The average Bonchev–Trinajstić information content (AvgIpc) is 2.31. The van der Waals surface area contributed by atoms with Crippen LogP contribution in [0.4, 0.5) is 0 Å². The highest BCUT2D eigenvalue weighted by molar-refractivity contribution is 5.76. The molecular weight excluding hydrogens is 228 g/mol. The Morgan fingerprint density at radius 3 is 2.06 bits per heavy atom. The van der Waals surface area contributed by atoms with E-state index in [1.165, 1.54) is 0 Å². The van der Waals surface area contributed by atoms with Gasteiger partial charge < -0.3 is 9.84 Å². The summed E-state index contributed by atoms with van der Waals surface area (Å²) in [5.41, 5.74) is -0.958. The van der Waals surface area contributed by atoms with E-state index in [0.717, 1.165) is 32.1 Å². The number of carbonyl (C=O) groups excluding carboxylic acids is 1. The monoisotopic (exact) mass is 256 g/mol. The van der Waals surface area contributed by atoms with Crippen LogP contribution in [0.1, 0.15) is 66.7 Å². The summed E-state index contributed by atoms with van der Waals surface area (Å²) in [5, 5.41) is 10.4. The molecule has 1 aliphatic carbocycles. The predicted molar refractivity (Wildman–Crippen MR) is 72.2 cm³/mol. The molecule has 1 fully saturated rings. The van der Waals surface area contributed by atoms with Crippen LogP contribution in [-0.2, 0) is 9.53 Å². The molecule has 0 aromatic carbocycles. The van der Waals surface area contributed by atoms with Crippen molar-refractivity contribution in [1.29, 1.82) is 0 Å². The number of aliphatic hydroxyl groups is 1. The highest BCUT2D eigenvalue weighted by Crippen LogP contribution is 2.42. The molecule has 0 atom stereocenters. The summed E-state index contributed by atoms with van der Waals surface area (Å²) in [6, 6.07) is 0. The molecule has 0 spiro atoms. The van der Waals surface area contributed by atoms with Crippen LogP contribution in [-0.4, -0.2) is 22.8 Å². The Labute approximate surface area is 111 Å². The SMILES string of the molecule is CCC(C)(C)C(=O)OC1CC(C(O)(CC)CC)C1. The molecule has 0 amide bonds. The van der Waals surface area contributed by atoms with Crippen LogP contribution in [0, 0.1) is 11.3 Å². The molecule has 3 nitrogen and oxygen atoms in total. The van der Waals surface area contributed by atoms with Gasteiger partial charge in [-0.1, -0.05) is 20.8 Å². The highest BCUT2D eigenvalue weighted by atomic mass is 16.5. The molecule has 18 heavy (non-hydrogen) atoms. The Morgan fingerprint density at radius 1 is 1.17 bits per heavy atom. The summed E-state index contributed by atoms with van der Waals surface area (Å²) >= 11 is 0. The molecule has 1 rings (SSSR count). The molecule has 1 aliphatic rings. The van der Waals surface area contributed by atoms with Crippen LogP contribution in [0.15, 0.2) is 0 Å². The molecule has 0 radical (unpaired) electrons. The number of hydrogen-bond acceptors (Lipinski definition) is 3. The first-order valence-electron chi connectivity index (χ1n) is 7.22. The van der Waals surface area contributed by atoms with Gasteiger partial charge in [-0.3, -0.25) is 4.79 Å². The lowest BCUT2D eigenvalue weighted by Crippen LogP contribution is -2.48. The molecule has 0 aromatic heterocycles. The summed E-state index contributed by atoms with van der Waals surface area (Å²) in [4.78, 5) is 11.9. The van der Waals surface area contributed by atoms with E-state index in [4.69, 9.17) is 4.74 Å². The molecule has 0 heterocycles. The van der Waals surface area contributed by atoms with Crippen molar-refractivity contribution in [2.75, 3.05) is 0 Å². The van der Waals surface area contributed by atoms with Crippen LogP contribution >= 0.6 is 0 Å². The van der Waals surface area contributed by atoms with Gasteiger partial charge >= 0.3 is 5.97 Å². The maximum Gasteiger partial charge on any atom is 0.311 e. The second-order valence-electron chi connectivity index (χ2n) is 6.24. The van der Waals surface area contributed by atoms with Gasteiger partial charge in [0.05, 0.1) is 11.0 Å². The van der Waals surface area contributed by atoms with Crippen molar-refractivity contribution in [3.63, 3.8) is 0 Å². The zero-order chi connectivity index (χ0) is 14.0. The number of rotatable bonds is 6. The second-order valence-corrected chi connectivity index (χ2v) is 6.24. The lowest BCUT2D eigenvalue weighted by atomic mass is 9.68. The van der Waals surface area contributed by atoms with Gasteiger partial charge in [0.2, 0.25) is 0 Å². The smallest absolute Gasteiger partial charge is 0.311 e. The number of ether oxygens (including phenoxy) is 1. The topological polar surface area (TPSA) is 46.5 Å². The molecule has 0 aromatic rings. The third-order valence-corrected chi connectivity index (χ3v) is 4.79. The Morgan fingerprint density at radius 2 is 1.67 bits per heavy atom. The first kappa shape index (κ1) is 15.5. The molecule has 106 valence electrons. The molecule has 0 bridgehead atoms. The van der Waals surface area contributed by atoms with Crippen molar-refractivity contribution in [1.82, 2.24) is 0 Å². The first-order valence-corrected chi connectivity index (χ1v) is 7.22. The maximum absolute atomic E-state index is 11.9. The summed E-state index contributed by atoms with van der Waals surface area (Å²) in [6.07, 6.45) is 3.96. The van der Waals surface area contributed by atoms with Crippen molar-refractivity contribution in [3.8, 4) is 0 Å². The largest absolute Gasteiger partial charge is 0.462 e. The molecular formula is C15H28O3. The number of esters is 1. The minimum Gasteiger partial charge on any atom is -0.462 e. The zero-order valence-corrected chi connectivity index (χ0v) is 12.5. The molecule has 0 saturated heterocycles.